The second-order valence-corrected chi connectivity index (χ2v) is 6.64. The Bertz CT molecular complexity index is 472. The lowest BCUT2D eigenvalue weighted by atomic mass is 10.1. The molecule has 24 heavy (non-hydrogen) atoms. The maximum Gasteiger partial charge on any atom is 0.236 e. The molecule has 1 heterocycles. The fourth-order valence-corrected chi connectivity index (χ4v) is 3.10. The molecule has 0 aliphatic carbocycles. The highest BCUT2D eigenvalue weighted by Crippen LogP contribution is 2.08. The zero-order valence-electron chi connectivity index (χ0n) is 14.9. The van der Waals surface area contributed by atoms with Crippen LogP contribution in [0.4, 0.5) is 0 Å². The second-order valence-electron chi connectivity index (χ2n) is 6.64. The number of piperazine rings is 1. The van der Waals surface area contributed by atoms with E-state index in [1.807, 2.05) is 6.92 Å². The molecule has 0 radical (unpaired) electrons. The molecule has 1 aliphatic heterocycles. The average molecular weight is 332 g/mol. The van der Waals surface area contributed by atoms with Gasteiger partial charge in [0.15, 0.2) is 0 Å². The number of amides is 1. The van der Waals surface area contributed by atoms with Crippen molar-refractivity contribution in [2.45, 2.75) is 38.8 Å². The third kappa shape index (κ3) is 6.59. The summed E-state index contributed by atoms with van der Waals surface area (Å²) in [5, 5.41) is 2.95. The minimum Gasteiger partial charge on any atom is -0.355 e. The number of hydrogen-bond acceptors (Lipinski definition) is 4. The van der Waals surface area contributed by atoms with Crippen LogP contribution in [0, 0.1) is 0 Å². The number of nitrogens with two attached hydrogens (primary N) is 1. The third-order valence-corrected chi connectivity index (χ3v) is 4.60. The van der Waals surface area contributed by atoms with Crippen molar-refractivity contribution in [1.29, 1.82) is 0 Å². The summed E-state index contributed by atoms with van der Waals surface area (Å²) < 4.78 is 0. The quantitative estimate of drug-likeness (QED) is 0.672. The molecule has 0 spiro atoms. The second kappa shape index (κ2) is 10.4. The maximum atomic E-state index is 11.7. The minimum atomic E-state index is -0.350. The summed E-state index contributed by atoms with van der Waals surface area (Å²) in [7, 11) is 0. The highest BCUT2D eigenvalue weighted by atomic mass is 16.2. The monoisotopic (exact) mass is 332 g/mol. The Morgan fingerprint density at radius 2 is 1.83 bits per heavy atom. The molecule has 0 aromatic heterocycles. The molecular weight excluding hydrogens is 300 g/mol. The van der Waals surface area contributed by atoms with Crippen LogP contribution in [0.15, 0.2) is 30.3 Å². The van der Waals surface area contributed by atoms with E-state index in [0.29, 0.717) is 0 Å². The Hall–Kier alpha value is -1.43. The summed E-state index contributed by atoms with van der Waals surface area (Å²) >= 11 is 0. The lowest BCUT2D eigenvalue weighted by molar-refractivity contribution is -0.122. The number of benzene rings is 1. The molecule has 1 atom stereocenters. The molecule has 0 saturated carbocycles. The SMILES string of the molecule is CCCC(N)C(=O)NCCCN1CCN(Cc2ccccc2)CC1. The zero-order valence-corrected chi connectivity index (χ0v) is 14.9. The lowest BCUT2D eigenvalue weighted by Crippen LogP contribution is -2.47. The molecule has 134 valence electrons. The van der Waals surface area contributed by atoms with Crippen LogP contribution in [0.2, 0.25) is 0 Å². The predicted octanol–water partition coefficient (Wildman–Crippen LogP) is 1.44. The van der Waals surface area contributed by atoms with E-state index >= 15 is 0 Å². The summed E-state index contributed by atoms with van der Waals surface area (Å²) in [4.78, 5) is 16.7. The highest BCUT2D eigenvalue weighted by molar-refractivity contribution is 5.81. The van der Waals surface area contributed by atoms with Crippen molar-refractivity contribution in [1.82, 2.24) is 15.1 Å². The molecule has 1 aromatic carbocycles. The van der Waals surface area contributed by atoms with Gasteiger partial charge in [-0.05, 0) is 24.9 Å². The molecule has 1 amide bonds. The van der Waals surface area contributed by atoms with Gasteiger partial charge in [-0.15, -0.1) is 0 Å². The van der Waals surface area contributed by atoms with Gasteiger partial charge in [0.05, 0.1) is 6.04 Å². The van der Waals surface area contributed by atoms with Gasteiger partial charge < -0.3 is 16.0 Å². The van der Waals surface area contributed by atoms with E-state index in [4.69, 9.17) is 5.73 Å². The van der Waals surface area contributed by atoms with Gasteiger partial charge in [0.2, 0.25) is 5.91 Å². The number of carbonyl (C=O) groups is 1. The highest BCUT2D eigenvalue weighted by Gasteiger charge is 2.17. The van der Waals surface area contributed by atoms with Gasteiger partial charge in [-0.25, -0.2) is 0 Å². The lowest BCUT2D eigenvalue weighted by Gasteiger charge is -2.34. The Labute approximate surface area is 146 Å². The Morgan fingerprint density at radius 1 is 1.17 bits per heavy atom. The molecule has 1 fully saturated rings. The van der Waals surface area contributed by atoms with Crippen LogP contribution in [0.25, 0.3) is 0 Å². The van der Waals surface area contributed by atoms with E-state index < -0.39 is 0 Å². The molecule has 2 rings (SSSR count). The van der Waals surface area contributed by atoms with Crippen LogP contribution in [0.3, 0.4) is 0 Å². The number of carbonyl (C=O) groups excluding carboxylic acids is 1. The molecule has 1 aliphatic rings. The van der Waals surface area contributed by atoms with Gasteiger partial charge in [-0.3, -0.25) is 9.69 Å². The molecule has 1 unspecified atom stereocenters. The fraction of sp³-hybridized carbons (Fsp3) is 0.632. The predicted molar refractivity (Wildman–Crippen MR) is 98.7 cm³/mol. The van der Waals surface area contributed by atoms with Gasteiger partial charge >= 0.3 is 0 Å². The number of nitrogens with zero attached hydrogens (tertiary/aromatic N) is 2. The van der Waals surface area contributed by atoms with Crippen molar-refractivity contribution in [2.75, 3.05) is 39.3 Å². The van der Waals surface area contributed by atoms with Gasteiger partial charge in [0, 0.05) is 39.3 Å². The molecular formula is C19H32N4O. The third-order valence-electron chi connectivity index (χ3n) is 4.60. The summed E-state index contributed by atoms with van der Waals surface area (Å²) in [6, 6.07) is 10.3. The molecule has 0 bridgehead atoms. The summed E-state index contributed by atoms with van der Waals surface area (Å²) in [5.41, 5.74) is 7.19. The zero-order chi connectivity index (χ0) is 17.2. The maximum absolute atomic E-state index is 11.7. The smallest absolute Gasteiger partial charge is 0.236 e. The molecule has 1 aromatic rings. The van der Waals surface area contributed by atoms with Crippen molar-refractivity contribution in [2.24, 2.45) is 5.73 Å². The van der Waals surface area contributed by atoms with Crippen LogP contribution in [0.5, 0.6) is 0 Å². The Kier molecular flexibility index (Phi) is 8.22. The first-order valence-electron chi connectivity index (χ1n) is 9.21. The van der Waals surface area contributed by atoms with E-state index in [-0.39, 0.29) is 11.9 Å². The van der Waals surface area contributed by atoms with E-state index in [1.54, 1.807) is 0 Å². The molecule has 1 saturated heterocycles. The first-order chi connectivity index (χ1) is 11.7. The molecule has 3 N–H and O–H groups in total. The van der Waals surface area contributed by atoms with E-state index in [1.165, 1.54) is 5.56 Å². The van der Waals surface area contributed by atoms with Gasteiger partial charge in [-0.2, -0.15) is 0 Å². The number of nitrogens with one attached hydrogen (secondary N) is 1. The summed E-state index contributed by atoms with van der Waals surface area (Å²) in [6.45, 7) is 9.30. The summed E-state index contributed by atoms with van der Waals surface area (Å²) in [5.74, 6) is -0.00969. The standard InChI is InChI=1S/C19H32N4O/c1-2-7-18(20)19(24)21-10-6-11-22-12-14-23(15-13-22)16-17-8-4-3-5-9-17/h3-5,8-9,18H,2,6-7,10-16,20H2,1H3,(H,21,24). The first kappa shape index (κ1) is 18.9. The first-order valence-corrected chi connectivity index (χ1v) is 9.21. The van der Waals surface area contributed by atoms with Crippen molar-refractivity contribution in [3.8, 4) is 0 Å². The minimum absolute atomic E-state index is 0.00969. The number of rotatable bonds is 9. The average Bonchev–Trinajstić information content (AvgIpc) is 2.61. The van der Waals surface area contributed by atoms with Crippen LogP contribution in [-0.4, -0.2) is 61.0 Å². The molecule has 5 heteroatoms. The Morgan fingerprint density at radius 3 is 2.50 bits per heavy atom. The van der Waals surface area contributed by atoms with Gasteiger partial charge in [0.25, 0.3) is 0 Å². The molecule has 5 nitrogen and oxygen atoms in total. The van der Waals surface area contributed by atoms with Crippen molar-refractivity contribution in [3.05, 3.63) is 35.9 Å². The normalized spacial score (nSPS) is 17.6. The van der Waals surface area contributed by atoms with Gasteiger partial charge in [0.1, 0.15) is 0 Å². The van der Waals surface area contributed by atoms with Crippen LogP contribution >= 0.6 is 0 Å². The van der Waals surface area contributed by atoms with Crippen molar-refractivity contribution < 1.29 is 4.79 Å². The van der Waals surface area contributed by atoms with Crippen LogP contribution in [0.1, 0.15) is 31.7 Å². The van der Waals surface area contributed by atoms with Gasteiger partial charge in [-0.1, -0.05) is 43.7 Å². The Balaban J connectivity index is 1.56. The van der Waals surface area contributed by atoms with E-state index in [0.717, 1.165) is 65.1 Å². The van der Waals surface area contributed by atoms with Crippen molar-refractivity contribution in [3.63, 3.8) is 0 Å². The fourth-order valence-electron chi connectivity index (χ4n) is 3.10. The van der Waals surface area contributed by atoms with Crippen LogP contribution < -0.4 is 11.1 Å². The van der Waals surface area contributed by atoms with Crippen molar-refractivity contribution >= 4 is 5.91 Å². The largest absolute Gasteiger partial charge is 0.355 e. The van der Waals surface area contributed by atoms with E-state index in [9.17, 15) is 4.79 Å². The number of hydrogen-bond donors (Lipinski definition) is 2. The van der Waals surface area contributed by atoms with E-state index in [2.05, 4.69) is 45.4 Å². The summed E-state index contributed by atoms with van der Waals surface area (Å²) in [6.07, 6.45) is 2.69. The topological polar surface area (TPSA) is 61.6 Å². The van der Waals surface area contributed by atoms with Crippen LogP contribution in [-0.2, 0) is 11.3 Å².